The van der Waals surface area contributed by atoms with E-state index in [9.17, 15) is 14.4 Å². The van der Waals surface area contributed by atoms with Gasteiger partial charge in [0.1, 0.15) is 6.10 Å². The third-order valence-electron chi connectivity index (χ3n) is 5.25. The summed E-state index contributed by atoms with van der Waals surface area (Å²) in [7, 11) is 1.41. The molecule has 188 valence electrons. The molecule has 0 saturated heterocycles. The molecular formula is C26H24Cl2N2O6. The largest absolute Gasteiger partial charge is 0.493 e. The fraction of sp³-hybridized carbons (Fsp3) is 0.231. The molecule has 4 aromatic rings. The van der Waals surface area contributed by atoms with Gasteiger partial charge in [-0.25, -0.2) is 9.78 Å². The molecule has 0 radical (unpaired) electrons. The number of nitrogens with zero attached hydrogens (tertiary/aromatic N) is 1. The van der Waals surface area contributed by atoms with Crippen molar-refractivity contribution in [2.24, 2.45) is 0 Å². The average Bonchev–Trinajstić information content (AvgIpc) is 2.86. The molecule has 1 atom stereocenters. The number of carbonyl (C=O) groups excluding carboxylic acids is 1. The second-order valence-corrected chi connectivity index (χ2v) is 8.54. The summed E-state index contributed by atoms with van der Waals surface area (Å²) in [6.07, 6.45) is 1.48. The Morgan fingerprint density at radius 2 is 1.56 bits per heavy atom. The molecule has 4 rings (SSSR count). The number of nitrogens with one attached hydrogen (secondary N) is 1. The standard InChI is InChI=1S/C18H18Cl2O2.C8H6N2O4/c1-3-17(21)22-12(2)18(13-4-8-15(19)9-5-13)14-6-10-16(20)11-7-14;1-13-4-2-3-9-5-6(4)14-8(12)10-7(5)11/h4-12,18H,3H2,1-2H3;2-3H,1H3,(H,10,11,12). The van der Waals surface area contributed by atoms with Crippen LogP contribution in [0.1, 0.15) is 37.3 Å². The number of rotatable bonds is 6. The highest BCUT2D eigenvalue weighted by Crippen LogP contribution is 2.31. The Morgan fingerprint density at radius 3 is 2.06 bits per heavy atom. The zero-order valence-corrected chi connectivity index (χ0v) is 21.3. The number of carbonyl (C=O) groups is 1. The molecular weight excluding hydrogens is 507 g/mol. The Bertz CT molecular complexity index is 1390. The lowest BCUT2D eigenvalue weighted by atomic mass is 9.87. The van der Waals surface area contributed by atoms with Crippen molar-refractivity contribution in [3.05, 3.63) is 103 Å². The van der Waals surface area contributed by atoms with Gasteiger partial charge in [-0.3, -0.25) is 14.6 Å². The Labute approximate surface area is 216 Å². The first-order valence-electron chi connectivity index (χ1n) is 11.0. The van der Waals surface area contributed by atoms with Gasteiger partial charge in [0.05, 0.1) is 7.11 Å². The number of methoxy groups -OCH3 is 1. The van der Waals surface area contributed by atoms with Crippen LogP contribution in [0.3, 0.4) is 0 Å². The smallest absolute Gasteiger partial charge is 0.419 e. The van der Waals surface area contributed by atoms with Crippen molar-refractivity contribution in [3.63, 3.8) is 0 Å². The number of aromatic amines is 1. The molecule has 8 nitrogen and oxygen atoms in total. The Balaban J connectivity index is 0.000000221. The van der Waals surface area contributed by atoms with Gasteiger partial charge in [-0.05, 0) is 42.3 Å². The van der Waals surface area contributed by atoms with Gasteiger partial charge in [0.15, 0.2) is 11.3 Å². The van der Waals surface area contributed by atoms with E-state index in [0.717, 1.165) is 11.1 Å². The van der Waals surface area contributed by atoms with Gasteiger partial charge in [-0.15, -0.1) is 0 Å². The molecule has 2 aromatic carbocycles. The predicted octanol–water partition coefficient (Wildman–Crippen LogP) is 5.35. The van der Waals surface area contributed by atoms with E-state index < -0.39 is 11.3 Å². The van der Waals surface area contributed by atoms with Crippen molar-refractivity contribution in [3.8, 4) is 5.75 Å². The first-order valence-corrected chi connectivity index (χ1v) is 11.8. The fourth-order valence-electron chi connectivity index (χ4n) is 3.56. The third kappa shape index (κ3) is 6.74. The molecule has 2 heterocycles. The molecule has 1 unspecified atom stereocenters. The van der Waals surface area contributed by atoms with Crippen LogP contribution < -0.4 is 16.1 Å². The van der Waals surface area contributed by atoms with Crippen LogP contribution in [-0.2, 0) is 9.53 Å². The van der Waals surface area contributed by atoms with Crippen molar-refractivity contribution >= 4 is 40.3 Å². The van der Waals surface area contributed by atoms with E-state index in [2.05, 4.69) is 4.98 Å². The van der Waals surface area contributed by atoms with Gasteiger partial charge in [-0.1, -0.05) is 54.4 Å². The predicted molar refractivity (Wildman–Crippen MR) is 138 cm³/mol. The number of fused-ring (bicyclic) bond motifs is 1. The number of H-pyrrole nitrogens is 1. The first-order chi connectivity index (χ1) is 17.2. The minimum atomic E-state index is -0.825. The monoisotopic (exact) mass is 530 g/mol. The minimum Gasteiger partial charge on any atom is -0.493 e. The zero-order chi connectivity index (χ0) is 26.2. The number of esters is 1. The molecule has 0 saturated carbocycles. The van der Waals surface area contributed by atoms with Crippen molar-refractivity contribution in [1.82, 2.24) is 9.97 Å². The highest BCUT2D eigenvalue weighted by atomic mass is 35.5. The molecule has 0 fully saturated rings. The molecule has 0 amide bonds. The van der Waals surface area contributed by atoms with E-state index in [1.165, 1.54) is 19.4 Å². The second-order valence-electron chi connectivity index (χ2n) is 7.66. The highest BCUT2D eigenvalue weighted by molar-refractivity contribution is 6.30. The number of benzene rings is 2. The molecule has 0 bridgehead atoms. The molecule has 0 spiro atoms. The summed E-state index contributed by atoms with van der Waals surface area (Å²) in [4.78, 5) is 39.5. The summed E-state index contributed by atoms with van der Waals surface area (Å²) in [5.74, 6) is -0.794. The summed E-state index contributed by atoms with van der Waals surface area (Å²) in [6.45, 7) is 3.69. The molecule has 1 N–H and O–H groups in total. The molecule has 2 aromatic heterocycles. The van der Waals surface area contributed by atoms with E-state index in [-0.39, 0.29) is 29.1 Å². The fourth-order valence-corrected chi connectivity index (χ4v) is 3.81. The Hall–Kier alpha value is -3.62. The number of pyridine rings is 1. The summed E-state index contributed by atoms with van der Waals surface area (Å²) < 4.78 is 15.2. The van der Waals surface area contributed by atoms with Gasteiger partial charge in [-0.2, -0.15) is 0 Å². The quantitative estimate of drug-likeness (QED) is 0.334. The lowest BCUT2D eigenvalue weighted by molar-refractivity contribution is -0.148. The van der Waals surface area contributed by atoms with Crippen molar-refractivity contribution < 1.29 is 18.7 Å². The van der Waals surface area contributed by atoms with Crippen molar-refractivity contribution in [1.29, 1.82) is 0 Å². The maximum Gasteiger partial charge on any atom is 0.419 e. The van der Waals surface area contributed by atoms with Crippen LogP contribution in [0, 0.1) is 0 Å². The molecule has 0 aliphatic heterocycles. The van der Waals surface area contributed by atoms with Gasteiger partial charge < -0.3 is 13.9 Å². The normalized spacial score (nSPS) is 11.5. The highest BCUT2D eigenvalue weighted by Gasteiger charge is 2.24. The van der Waals surface area contributed by atoms with Crippen LogP contribution in [-0.4, -0.2) is 29.2 Å². The molecule has 0 aliphatic rings. The Morgan fingerprint density at radius 1 is 1.00 bits per heavy atom. The number of aromatic nitrogens is 2. The number of hydrogen-bond donors (Lipinski definition) is 1. The van der Waals surface area contributed by atoms with E-state index in [1.54, 1.807) is 6.92 Å². The maximum absolute atomic E-state index is 11.6. The van der Waals surface area contributed by atoms with Crippen LogP contribution >= 0.6 is 23.2 Å². The molecule has 0 aliphatic carbocycles. The van der Waals surface area contributed by atoms with Gasteiger partial charge >= 0.3 is 11.7 Å². The SMILES string of the molecule is CCC(=O)OC(C)C(c1ccc(Cl)cc1)c1ccc(Cl)cc1.COc1ccnc2c(=O)[nH]c(=O)oc12. The van der Waals surface area contributed by atoms with Crippen molar-refractivity contribution in [2.45, 2.75) is 32.3 Å². The summed E-state index contributed by atoms with van der Waals surface area (Å²) in [5.41, 5.74) is 1.61. The van der Waals surface area contributed by atoms with Gasteiger partial charge in [0, 0.05) is 34.6 Å². The van der Waals surface area contributed by atoms with Crippen LogP contribution in [0.2, 0.25) is 10.0 Å². The van der Waals surface area contributed by atoms with E-state index in [4.69, 9.17) is 37.1 Å². The molecule has 36 heavy (non-hydrogen) atoms. The minimum absolute atomic E-state index is 0.0453. The second kappa shape index (κ2) is 12.4. The van der Waals surface area contributed by atoms with E-state index >= 15 is 0 Å². The summed E-state index contributed by atoms with van der Waals surface area (Å²) in [6, 6.07) is 16.7. The van der Waals surface area contributed by atoms with Gasteiger partial charge in [0.25, 0.3) is 5.56 Å². The van der Waals surface area contributed by atoms with Gasteiger partial charge in [0.2, 0.25) is 5.58 Å². The van der Waals surface area contributed by atoms with E-state index in [1.807, 2.05) is 60.4 Å². The maximum atomic E-state index is 11.6. The van der Waals surface area contributed by atoms with Crippen LogP contribution in [0.4, 0.5) is 0 Å². The lowest BCUT2D eigenvalue weighted by Gasteiger charge is -2.25. The number of ether oxygens (including phenoxy) is 2. The average molecular weight is 531 g/mol. The van der Waals surface area contributed by atoms with Crippen molar-refractivity contribution in [2.75, 3.05) is 7.11 Å². The third-order valence-corrected chi connectivity index (χ3v) is 5.75. The lowest BCUT2D eigenvalue weighted by Crippen LogP contribution is -2.23. The van der Waals surface area contributed by atoms with Crippen LogP contribution in [0.25, 0.3) is 11.1 Å². The first kappa shape index (κ1) is 27.0. The summed E-state index contributed by atoms with van der Waals surface area (Å²) in [5, 5.41) is 1.36. The van der Waals surface area contributed by atoms with Crippen LogP contribution in [0.15, 0.2) is 74.8 Å². The number of halogens is 2. The number of hydrogen-bond acceptors (Lipinski definition) is 7. The van der Waals surface area contributed by atoms with Crippen LogP contribution in [0.5, 0.6) is 5.75 Å². The summed E-state index contributed by atoms with van der Waals surface area (Å²) >= 11 is 11.9. The van der Waals surface area contributed by atoms with E-state index in [0.29, 0.717) is 22.2 Å². The zero-order valence-electron chi connectivity index (χ0n) is 19.8. The topological polar surface area (TPSA) is 111 Å². The Kier molecular flexibility index (Phi) is 9.27. The molecule has 10 heteroatoms.